The molecule has 0 spiro atoms. The Labute approximate surface area is 114 Å². The SMILES string of the molecule is Nc1nc2ccc(Cl)cc2n1CCc1cccs1. The van der Waals surface area contributed by atoms with Gasteiger partial charge >= 0.3 is 0 Å². The summed E-state index contributed by atoms with van der Waals surface area (Å²) in [5.74, 6) is 0.545. The number of anilines is 1. The number of thiophene rings is 1. The number of hydrogen-bond donors (Lipinski definition) is 1. The summed E-state index contributed by atoms with van der Waals surface area (Å²) in [6.07, 6.45) is 0.958. The number of nitrogen functional groups attached to an aromatic ring is 1. The smallest absolute Gasteiger partial charge is 0.201 e. The number of halogens is 1. The fourth-order valence-corrected chi connectivity index (χ4v) is 2.89. The van der Waals surface area contributed by atoms with Gasteiger partial charge in [-0.15, -0.1) is 11.3 Å². The van der Waals surface area contributed by atoms with Crippen LogP contribution in [0.15, 0.2) is 35.7 Å². The highest BCUT2D eigenvalue weighted by molar-refractivity contribution is 7.09. The van der Waals surface area contributed by atoms with Crippen molar-refractivity contribution in [3.8, 4) is 0 Å². The first-order valence-electron chi connectivity index (χ1n) is 5.68. The van der Waals surface area contributed by atoms with Crippen molar-refractivity contribution in [2.24, 2.45) is 0 Å². The van der Waals surface area contributed by atoms with Gasteiger partial charge in [0.05, 0.1) is 11.0 Å². The van der Waals surface area contributed by atoms with Crippen molar-refractivity contribution in [3.63, 3.8) is 0 Å². The number of hydrogen-bond acceptors (Lipinski definition) is 3. The van der Waals surface area contributed by atoms with E-state index in [2.05, 4.69) is 22.5 Å². The Balaban J connectivity index is 1.95. The summed E-state index contributed by atoms with van der Waals surface area (Å²) >= 11 is 7.78. The molecule has 0 aliphatic carbocycles. The van der Waals surface area contributed by atoms with Crippen molar-refractivity contribution >= 4 is 39.9 Å². The topological polar surface area (TPSA) is 43.8 Å². The van der Waals surface area contributed by atoms with Crippen LogP contribution in [0.5, 0.6) is 0 Å². The first-order chi connectivity index (χ1) is 8.74. The van der Waals surface area contributed by atoms with E-state index in [1.165, 1.54) is 4.88 Å². The average Bonchev–Trinajstić information content (AvgIpc) is 2.94. The molecule has 2 aromatic heterocycles. The van der Waals surface area contributed by atoms with Gasteiger partial charge in [-0.25, -0.2) is 4.98 Å². The first kappa shape index (κ1) is 11.6. The molecule has 5 heteroatoms. The molecule has 0 aliphatic rings. The monoisotopic (exact) mass is 277 g/mol. The third kappa shape index (κ3) is 2.09. The number of nitrogens with two attached hydrogens (primary N) is 1. The quantitative estimate of drug-likeness (QED) is 0.795. The minimum atomic E-state index is 0.545. The van der Waals surface area contributed by atoms with Crippen molar-refractivity contribution in [2.45, 2.75) is 13.0 Å². The minimum absolute atomic E-state index is 0.545. The van der Waals surface area contributed by atoms with Crippen LogP contribution in [0.4, 0.5) is 5.95 Å². The van der Waals surface area contributed by atoms with Crippen molar-refractivity contribution in [1.82, 2.24) is 9.55 Å². The molecule has 1 aromatic carbocycles. The molecule has 2 heterocycles. The van der Waals surface area contributed by atoms with Crippen LogP contribution in [0.1, 0.15) is 4.88 Å². The van der Waals surface area contributed by atoms with E-state index < -0.39 is 0 Å². The molecule has 0 saturated heterocycles. The Morgan fingerprint density at radius 3 is 3.00 bits per heavy atom. The third-order valence-electron chi connectivity index (χ3n) is 2.90. The van der Waals surface area contributed by atoms with Gasteiger partial charge in [0.15, 0.2) is 0 Å². The minimum Gasteiger partial charge on any atom is -0.369 e. The van der Waals surface area contributed by atoms with Gasteiger partial charge in [-0.1, -0.05) is 17.7 Å². The van der Waals surface area contributed by atoms with Crippen LogP contribution < -0.4 is 5.73 Å². The van der Waals surface area contributed by atoms with Crippen LogP contribution in [-0.2, 0) is 13.0 Å². The molecule has 92 valence electrons. The lowest BCUT2D eigenvalue weighted by atomic mass is 10.3. The van der Waals surface area contributed by atoms with E-state index in [-0.39, 0.29) is 0 Å². The van der Waals surface area contributed by atoms with Gasteiger partial charge in [-0.05, 0) is 36.1 Å². The van der Waals surface area contributed by atoms with Gasteiger partial charge in [0, 0.05) is 16.4 Å². The zero-order chi connectivity index (χ0) is 12.5. The normalized spacial score (nSPS) is 11.2. The summed E-state index contributed by atoms with van der Waals surface area (Å²) in [6.45, 7) is 0.823. The number of fused-ring (bicyclic) bond motifs is 1. The van der Waals surface area contributed by atoms with Crippen LogP contribution in [-0.4, -0.2) is 9.55 Å². The molecule has 0 radical (unpaired) electrons. The van der Waals surface area contributed by atoms with E-state index >= 15 is 0 Å². The van der Waals surface area contributed by atoms with Crippen LogP contribution in [0, 0.1) is 0 Å². The molecular weight excluding hydrogens is 266 g/mol. The molecule has 0 saturated carbocycles. The predicted octanol–water partition coefficient (Wildman–Crippen LogP) is 3.58. The maximum absolute atomic E-state index is 6.02. The van der Waals surface area contributed by atoms with Crippen LogP contribution in [0.2, 0.25) is 5.02 Å². The molecule has 2 N–H and O–H groups in total. The summed E-state index contributed by atoms with van der Waals surface area (Å²) in [7, 11) is 0. The number of imidazole rings is 1. The van der Waals surface area contributed by atoms with Gasteiger partial charge in [0.2, 0.25) is 5.95 Å². The lowest BCUT2D eigenvalue weighted by Crippen LogP contribution is -2.05. The van der Waals surface area contributed by atoms with Gasteiger partial charge in [-0.2, -0.15) is 0 Å². The zero-order valence-electron chi connectivity index (χ0n) is 9.64. The van der Waals surface area contributed by atoms with Crippen molar-refractivity contribution in [1.29, 1.82) is 0 Å². The Morgan fingerprint density at radius 1 is 1.33 bits per heavy atom. The molecule has 3 nitrogen and oxygen atoms in total. The van der Waals surface area contributed by atoms with Gasteiger partial charge in [0.1, 0.15) is 0 Å². The summed E-state index contributed by atoms with van der Waals surface area (Å²) in [6, 6.07) is 9.84. The van der Waals surface area contributed by atoms with E-state index in [0.29, 0.717) is 11.0 Å². The highest BCUT2D eigenvalue weighted by atomic mass is 35.5. The second-order valence-corrected chi connectivity index (χ2v) is 5.55. The van der Waals surface area contributed by atoms with Crippen molar-refractivity contribution in [2.75, 3.05) is 5.73 Å². The molecule has 0 aliphatic heterocycles. The molecular formula is C13H12ClN3S. The number of rotatable bonds is 3. The lowest BCUT2D eigenvalue weighted by molar-refractivity contribution is 0.733. The fraction of sp³-hybridized carbons (Fsp3) is 0.154. The van der Waals surface area contributed by atoms with Crippen LogP contribution in [0.3, 0.4) is 0 Å². The second-order valence-electron chi connectivity index (χ2n) is 4.08. The molecule has 0 atom stereocenters. The van der Waals surface area contributed by atoms with Crippen molar-refractivity contribution in [3.05, 3.63) is 45.6 Å². The molecule has 18 heavy (non-hydrogen) atoms. The molecule has 0 amide bonds. The highest BCUT2D eigenvalue weighted by Crippen LogP contribution is 2.22. The van der Waals surface area contributed by atoms with Gasteiger partial charge in [-0.3, -0.25) is 0 Å². The Kier molecular flexibility index (Phi) is 2.97. The Morgan fingerprint density at radius 2 is 2.22 bits per heavy atom. The van der Waals surface area contributed by atoms with Crippen LogP contribution in [0.25, 0.3) is 11.0 Å². The zero-order valence-corrected chi connectivity index (χ0v) is 11.2. The molecule has 0 bridgehead atoms. The predicted molar refractivity (Wildman–Crippen MR) is 77.2 cm³/mol. The second kappa shape index (κ2) is 4.63. The summed E-state index contributed by atoms with van der Waals surface area (Å²) < 4.78 is 2.01. The summed E-state index contributed by atoms with van der Waals surface area (Å²) in [5, 5.41) is 2.79. The fourth-order valence-electron chi connectivity index (χ4n) is 2.03. The maximum atomic E-state index is 6.02. The van der Waals surface area contributed by atoms with E-state index in [1.54, 1.807) is 11.3 Å². The number of aryl methyl sites for hydroxylation is 2. The third-order valence-corrected chi connectivity index (χ3v) is 4.07. The van der Waals surface area contributed by atoms with Crippen LogP contribution >= 0.6 is 22.9 Å². The summed E-state index contributed by atoms with van der Waals surface area (Å²) in [4.78, 5) is 5.69. The number of aromatic nitrogens is 2. The molecule has 3 aromatic rings. The molecule has 0 unspecified atom stereocenters. The first-order valence-corrected chi connectivity index (χ1v) is 6.93. The highest BCUT2D eigenvalue weighted by Gasteiger charge is 2.08. The average molecular weight is 278 g/mol. The van der Waals surface area contributed by atoms with E-state index in [0.717, 1.165) is 24.0 Å². The molecule has 3 rings (SSSR count). The van der Waals surface area contributed by atoms with Gasteiger partial charge < -0.3 is 10.3 Å². The number of benzene rings is 1. The largest absolute Gasteiger partial charge is 0.369 e. The summed E-state index contributed by atoms with van der Waals surface area (Å²) in [5.41, 5.74) is 7.84. The standard InChI is InChI=1S/C13H12ClN3S/c14-9-3-4-11-12(8-9)17(13(15)16-11)6-5-10-2-1-7-18-10/h1-4,7-8H,5-6H2,(H2,15,16). The van der Waals surface area contributed by atoms with E-state index in [4.69, 9.17) is 17.3 Å². The van der Waals surface area contributed by atoms with Gasteiger partial charge in [0.25, 0.3) is 0 Å². The Hall–Kier alpha value is -1.52. The lowest BCUT2D eigenvalue weighted by Gasteiger charge is -2.05. The number of nitrogens with zero attached hydrogens (tertiary/aromatic N) is 2. The van der Waals surface area contributed by atoms with E-state index in [1.807, 2.05) is 22.8 Å². The molecule has 0 fully saturated rings. The van der Waals surface area contributed by atoms with E-state index in [9.17, 15) is 0 Å². The Bertz CT molecular complexity index is 673. The van der Waals surface area contributed by atoms with Crippen molar-refractivity contribution < 1.29 is 0 Å². The maximum Gasteiger partial charge on any atom is 0.201 e.